The van der Waals surface area contributed by atoms with Gasteiger partial charge in [0.2, 0.25) is 0 Å². The third-order valence-corrected chi connectivity index (χ3v) is 7.66. The van der Waals surface area contributed by atoms with Gasteiger partial charge < -0.3 is 15.0 Å². The zero-order valence-corrected chi connectivity index (χ0v) is 21.0. The van der Waals surface area contributed by atoms with Crippen molar-refractivity contribution in [1.82, 2.24) is 4.90 Å². The third-order valence-electron chi connectivity index (χ3n) is 6.32. The molecule has 4 rings (SSSR count). The van der Waals surface area contributed by atoms with Crippen LogP contribution in [0.3, 0.4) is 0 Å². The predicted molar refractivity (Wildman–Crippen MR) is 134 cm³/mol. The minimum Gasteiger partial charge on any atom is -0.494 e. The molecule has 0 spiro atoms. The molecule has 1 aliphatic rings. The average molecular weight is 516 g/mol. The van der Waals surface area contributed by atoms with Gasteiger partial charge in [0, 0.05) is 30.9 Å². The molecular formula is C26H27F2N3O4S. The number of hydrogen-bond acceptors (Lipinski definition) is 4. The highest BCUT2D eigenvalue weighted by Crippen LogP contribution is 2.32. The molecule has 0 aromatic heterocycles. The molecule has 1 aliphatic heterocycles. The van der Waals surface area contributed by atoms with Gasteiger partial charge in [-0.05, 0) is 53.3 Å². The Bertz CT molecular complexity index is 1400. The smallest absolute Gasteiger partial charge is 0.322 e. The zero-order chi connectivity index (χ0) is 26.0. The number of methoxy groups -OCH3 is 1. The van der Waals surface area contributed by atoms with Crippen LogP contribution in [0.2, 0.25) is 0 Å². The third kappa shape index (κ3) is 5.28. The summed E-state index contributed by atoms with van der Waals surface area (Å²) in [6.45, 7) is 4.80. The van der Waals surface area contributed by atoms with E-state index in [0.29, 0.717) is 29.8 Å². The van der Waals surface area contributed by atoms with Crippen molar-refractivity contribution >= 4 is 27.4 Å². The van der Waals surface area contributed by atoms with Crippen LogP contribution in [0.25, 0.3) is 0 Å². The molecule has 0 bridgehead atoms. The fourth-order valence-corrected chi connectivity index (χ4v) is 5.15. The molecule has 0 fully saturated rings. The highest BCUT2D eigenvalue weighted by Gasteiger charge is 2.27. The number of amides is 2. The Morgan fingerprint density at radius 2 is 1.75 bits per heavy atom. The number of ether oxygens (including phenoxy) is 1. The maximum atomic E-state index is 14.3. The molecule has 0 aliphatic carbocycles. The second-order valence-corrected chi connectivity index (χ2v) is 10.4. The molecule has 0 saturated carbocycles. The van der Waals surface area contributed by atoms with Crippen molar-refractivity contribution in [2.75, 3.05) is 17.1 Å². The number of anilines is 2. The van der Waals surface area contributed by atoms with Crippen LogP contribution in [-0.4, -0.2) is 26.5 Å². The fourth-order valence-electron chi connectivity index (χ4n) is 4.02. The number of hydrogen-bond donors (Lipinski definition) is 2. The molecule has 3 aromatic carbocycles. The normalized spacial score (nSPS) is 13.8. The van der Waals surface area contributed by atoms with Gasteiger partial charge in [0.05, 0.1) is 12.0 Å². The minimum atomic E-state index is -4.21. The van der Waals surface area contributed by atoms with Gasteiger partial charge in [-0.2, -0.15) is 0 Å². The van der Waals surface area contributed by atoms with Gasteiger partial charge in [-0.25, -0.2) is 22.0 Å². The first kappa shape index (κ1) is 25.4. The lowest BCUT2D eigenvalue weighted by Crippen LogP contribution is -2.30. The first-order chi connectivity index (χ1) is 17.1. The Kier molecular flexibility index (Phi) is 7.16. The maximum absolute atomic E-state index is 14.3. The molecule has 36 heavy (non-hydrogen) atoms. The van der Waals surface area contributed by atoms with Crippen LogP contribution in [0, 0.1) is 11.6 Å². The van der Waals surface area contributed by atoms with E-state index in [4.69, 9.17) is 4.74 Å². The first-order valence-electron chi connectivity index (χ1n) is 11.4. The number of benzene rings is 3. The molecule has 2 N–H and O–H groups in total. The van der Waals surface area contributed by atoms with Crippen molar-refractivity contribution in [3.63, 3.8) is 0 Å². The number of nitrogens with zero attached hydrogens (tertiary/aromatic N) is 1. The van der Waals surface area contributed by atoms with Crippen LogP contribution in [0.4, 0.5) is 25.0 Å². The topological polar surface area (TPSA) is 87.7 Å². The molecule has 190 valence electrons. The van der Waals surface area contributed by atoms with Crippen LogP contribution in [0.1, 0.15) is 42.9 Å². The van der Waals surface area contributed by atoms with E-state index in [9.17, 15) is 22.0 Å². The van der Waals surface area contributed by atoms with Crippen LogP contribution < -0.4 is 14.8 Å². The monoisotopic (exact) mass is 515 g/mol. The molecule has 7 nitrogen and oxygen atoms in total. The summed E-state index contributed by atoms with van der Waals surface area (Å²) in [5, 5.41) is 2.87. The molecular weight excluding hydrogens is 488 g/mol. The van der Waals surface area contributed by atoms with Crippen molar-refractivity contribution in [3.8, 4) is 5.75 Å². The van der Waals surface area contributed by atoms with E-state index < -0.39 is 27.3 Å². The summed E-state index contributed by atoms with van der Waals surface area (Å²) < 4.78 is 60.7. The lowest BCUT2D eigenvalue weighted by atomic mass is 9.99. The van der Waals surface area contributed by atoms with Crippen molar-refractivity contribution in [1.29, 1.82) is 0 Å². The fraction of sp³-hybridized carbons (Fsp3) is 0.269. The molecule has 10 heteroatoms. The first-order valence-corrected chi connectivity index (χ1v) is 12.9. The Balaban J connectivity index is 1.47. The summed E-state index contributed by atoms with van der Waals surface area (Å²) in [6.07, 6.45) is 1.03. The summed E-state index contributed by atoms with van der Waals surface area (Å²) in [6, 6.07) is 13.3. The number of fused-ring (bicyclic) bond motifs is 1. The van der Waals surface area contributed by atoms with Gasteiger partial charge in [-0.15, -0.1) is 0 Å². The number of nitrogens with one attached hydrogen (secondary N) is 2. The van der Waals surface area contributed by atoms with Gasteiger partial charge in [0.15, 0.2) is 5.82 Å². The number of sulfonamides is 1. The van der Waals surface area contributed by atoms with E-state index >= 15 is 0 Å². The van der Waals surface area contributed by atoms with Gasteiger partial charge in [0.25, 0.3) is 10.0 Å². The van der Waals surface area contributed by atoms with Gasteiger partial charge in [0.1, 0.15) is 17.3 Å². The SMILES string of the molecule is CCC(C)c1ccc(NC(=O)N2Cc3ccc(S(=O)(=O)Nc4c(F)cc(F)cc4OC)cc3C2)cc1. The molecule has 3 aromatic rings. The largest absolute Gasteiger partial charge is 0.494 e. The van der Waals surface area contributed by atoms with Crippen molar-refractivity contribution in [2.45, 2.75) is 44.2 Å². The Labute approximate surface area is 209 Å². The predicted octanol–water partition coefficient (Wildman–Crippen LogP) is 5.84. The van der Waals surface area contributed by atoms with E-state index in [0.717, 1.165) is 18.1 Å². The van der Waals surface area contributed by atoms with Crippen LogP contribution in [0.15, 0.2) is 59.5 Å². The molecule has 2 amide bonds. The van der Waals surface area contributed by atoms with Crippen LogP contribution in [0.5, 0.6) is 5.75 Å². The zero-order valence-electron chi connectivity index (χ0n) is 20.1. The molecule has 0 radical (unpaired) electrons. The molecule has 1 unspecified atom stereocenters. The van der Waals surface area contributed by atoms with E-state index in [2.05, 4.69) is 23.9 Å². The molecule has 1 atom stereocenters. The minimum absolute atomic E-state index is 0.116. The second-order valence-electron chi connectivity index (χ2n) is 8.72. The van der Waals surface area contributed by atoms with Gasteiger partial charge >= 0.3 is 6.03 Å². The lowest BCUT2D eigenvalue weighted by Gasteiger charge is -2.17. The maximum Gasteiger partial charge on any atom is 0.322 e. The quantitative estimate of drug-likeness (QED) is 0.414. The highest BCUT2D eigenvalue weighted by molar-refractivity contribution is 7.92. The average Bonchev–Trinajstić information content (AvgIpc) is 3.29. The standard InChI is InChI=1S/C26H27F2N3O4S/c1-4-16(2)17-5-8-21(9-6-17)29-26(32)31-14-18-7-10-22(11-19(18)15-31)36(33,34)30-25-23(28)12-20(27)13-24(25)35-3/h5-13,16,30H,4,14-15H2,1-3H3,(H,29,32). The van der Waals surface area contributed by atoms with Crippen LogP contribution in [-0.2, 0) is 23.1 Å². The van der Waals surface area contributed by atoms with Crippen molar-refractivity contribution in [3.05, 3.63) is 82.9 Å². The Morgan fingerprint density at radius 3 is 2.42 bits per heavy atom. The number of carbonyl (C=O) groups is 1. The molecule has 0 saturated heterocycles. The number of halogens is 2. The second kappa shape index (κ2) is 10.1. The van der Waals surface area contributed by atoms with Gasteiger partial charge in [-0.3, -0.25) is 4.72 Å². The number of rotatable bonds is 7. The molecule has 1 heterocycles. The Morgan fingerprint density at radius 1 is 1.06 bits per heavy atom. The van der Waals surface area contributed by atoms with Crippen molar-refractivity contribution < 1.29 is 26.7 Å². The summed E-state index contributed by atoms with van der Waals surface area (Å²) >= 11 is 0. The lowest BCUT2D eigenvalue weighted by molar-refractivity contribution is 0.212. The summed E-state index contributed by atoms with van der Waals surface area (Å²) in [4.78, 5) is 14.3. The summed E-state index contributed by atoms with van der Waals surface area (Å²) in [5.41, 5.74) is 2.85. The van der Waals surface area contributed by atoms with Crippen molar-refractivity contribution in [2.24, 2.45) is 0 Å². The van der Waals surface area contributed by atoms with Crippen LogP contribution >= 0.6 is 0 Å². The summed E-state index contributed by atoms with van der Waals surface area (Å²) in [5.74, 6) is -1.84. The van der Waals surface area contributed by atoms with E-state index in [1.54, 1.807) is 11.0 Å². The van der Waals surface area contributed by atoms with E-state index in [-0.39, 0.29) is 23.2 Å². The summed E-state index contributed by atoms with van der Waals surface area (Å²) in [7, 11) is -3.03. The van der Waals surface area contributed by atoms with Gasteiger partial charge in [-0.1, -0.05) is 32.0 Å². The Hall–Kier alpha value is -3.66. The van der Waals surface area contributed by atoms with E-state index in [1.165, 1.54) is 24.8 Å². The number of urea groups is 1. The van der Waals surface area contributed by atoms with E-state index in [1.807, 2.05) is 24.3 Å². The number of carbonyl (C=O) groups excluding carboxylic acids is 1. The highest BCUT2D eigenvalue weighted by atomic mass is 32.2.